The van der Waals surface area contributed by atoms with E-state index in [9.17, 15) is 13.6 Å². The van der Waals surface area contributed by atoms with Crippen LogP contribution in [0.4, 0.5) is 14.5 Å². The van der Waals surface area contributed by atoms with Crippen molar-refractivity contribution >= 4 is 11.6 Å². The second kappa shape index (κ2) is 5.67. The summed E-state index contributed by atoms with van der Waals surface area (Å²) in [7, 11) is 0. The van der Waals surface area contributed by atoms with Crippen molar-refractivity contribution in [3.63, 3.8) is 0 Å². The van der Waals surface area contributed by atoms with Gasteiger partial charge in [0.1, 0.15) is 11.6 Å². The highest BCUT2D eigenvalue weighted by Crippen LogP contribution is 2.50. The molecule has 1 saturated carbocycles. The lowest BCUT2D eigenvalue weighted by molar-refractivity contribution is -0.118. The first-order valence-corrected chi connectivity index (χ1v) is 8.19. The molecule has 0 spiro atoms. The molecule has 1 aliphatic carbocycles. The van der Waals surface area contributed by atoms with Crippen LogP contribution in [0.1, 0.15) is 29.5 Å². The van der Waals surface area contributed by atoms with E-state index in [-0.39, 0.29) is 23.2 Å². The summed E-state index contributed by atoms with van der Waals surface area (Å²) < 4.78 is 28.8. The van der Waals surface area contributed by atoms with Crippen LogP contribution in [0.25, 0.3) is 0 Å². The number of hydrogen-bond acceptors (Lipinski definition) is 2. The van der Waals surface area contributed by atoms with Crippen molar-refractivity contribution in [2.75, 3.05) is 11.9 Å². The maximum Gasteiger partial charge on any atom is 0.235 e. The Morgan fingerprint density at radius 1 is 1.12 bits per heavy atom. The van der Waals surface area contributed by atoms with Crippen molar-refractivity contribution in [3.8, 4) is 0 Å². The molecule has 2 aliphatic rings. The van der Waals surface area contributed by atoms with Gasteiger partial charge in [0.05, 0.1) is 11.1 Å². The first-order chi connectivity index (χ1) is 11.6. The Bertz CT molecular complexity index is 815. The summed E-state index contributed by atoms with van der Waals surface area (Å²) in [4.78, 5) is 12.7. The normalized spacial score (nSPS) is 17.9. The van der Waals surface area contributed by atoms with Gasteiger partial charge in [0.2, 0.25) is 5.91 Å². The molecule has 0 unspecified atom stereocenters. The van der Waals surface area contributed by atoms with Crippen LogP contribution in [0.5, 0.6) is 0 Å². The second-order valence-corrected chi connectivity index (χ2v) is 6.51. The number of carbonyl (C=O) groups excluding carboxylic acids is 1. The zero-order chi connectivity index (χ0) is 16.7. The van der Waals surface area contributed by atoms with Crippen LogP contribution in [0, 0.1) is 11.6 Å². The Labute approximate surface area is 139 Å². The molecule has 2 aromatic rings. The zero-order valence-electron chi connectivity index (χ0n) is 13.2. The Balaban J connectivity index is 1.62. The molecule has 0 atom stereocenters. The summed E-state index contributed by atoms with van der Waals surface area (Å²) in [5.74, 6) is -1.09. The van der Waals surface area contributed by atoms with Crippen LogP contribution in [-0.4, -0.2) is 12.5 Å². The Morgan fingerprint density at radius 3 is 2.67 bits per heavy atom. The highest BCUT2D eigenvalue weighted by Gasteiger charge is 2.52. The molecule has 24 heavy (non-hydrogen) atoms. The molecule has 3 nitrogen and oxygen atoms in total. The van der Waals surface area contributed by atoms with Gasteiger partial charge in [-0.2, -0.15) is 0 Å². The fraction of sp³-hybridized carbons (Fsp3) is 0.316. The first-order valence-electron chi connectivity index (χ1n) is 8.19. The third kappa shape index (κ3) is 2.40. The maximum absolute atomic E-state index is 14.7. The third-order valence-corrected chi connectivity index (χ3v) is 5.03. The zero-order valence-corrected chi connectivity index (χ0v) is 13.2. The van der Waals surface area contributed by atoms with E-state index in [0.29, 0.717) is 36.9 Å². The number of halogens is 2. The van der Waals surface area contributed by atoms with E-state index >= 15 is 0 Å². The summed E-state index contributed by atoms with van der Waals surface area (Å²) in [5, 5.41) is 5.88. The van der Waals surface area contributed by atoms with Crippen molar-refractivity contribution in [2.45, 2.75) is 31.2 Å². The smallest absolute Gasteiger partial charge is 0.235 e. The van der Waals surface area contributed by atoms with Gasteiger partial charge in [-0.3, -0.25) is 4.79 Å². The lowest BCUT2D eigenvalue weighted by atomic mass is 9.94. The average molecular weight is 328 g/mol. The van der Waals surface area contributed by atoms with E-state index in [1.807, 2.05) is 6.07 Å². The molecule has 0 saturated heterocycles. The number of benzene rings is 2. The van der Waals surface area contributed by atoms with Gasteiger partial charge in [0, 0.05) is 12.1 Å². The molecule has 4 rings (SSSR count). The van der Waals surface area contributed by atoms with Gasteiger partial charge in [-0.25, -0.2) is 8.78 Å². The molecular weight excluding hydrogens is 310 g/mol. The predicted molar refractivity (Wildman–Crippen MR) is 87.8 cm³/mol. The number of rotatable bonds is 3. The summed E-state index contributed by atoms with van der Waals surface area (Å²) in [5.41, 5.74) is 1.29. The number of anilines is 1. The van der Waals surface area contributed by atoms with Crippen molar-refractivity contribution in [3.05, 3.63) is 64.7 Å². The van der Waals surface area contributed by atoms with Crippen molar-refractivity contribution in [1.29, 1.82) is 0 Å². The minimum atomic E-state index is -0.866. The molecule has 124 valence electrons. The minimum Gasteiger partial charge on any atom is -0.323 e. The number of amides is 1. The topological polar surface area (TPSA) is 41.1 Å². The van der Waals surface area contributed by atoms with Crippen molar-refractivity contribution < 1.29 is 13.6 Å². The molecule has 1 heterocycles. The van der Waals surface area contributed by atoms with Gasteiger partial charge >= 0.3 is 0 Å². The van der Waals surface area contributed by atoms with Crippen LogP contribution < -0.4 is 10.6 Å². The monoisotopic (exact) mass is 328 g/mol. The van der Waals surface area contributed by atoms with E-state index in [4.69, 9.17) is 0 Å². The van der Waals surface area contributed by atoms with Gasteiger partial charge in [-0.05, 0) is 49.1 Å². The van der Waals surface area contributed by atoms with Crippen molar-refractivity contribution in [1.82, 2.24) is 5.32 Å². The predicted octanol–water partition coefficient (Wildman–Crippen LogP) is 3.28. The van der Waals surface area contributed by atoms with Crippen molar-refractivity contribution in [2.24, 2.45) is 0 Å². The standard InChI is InChI=1S/C19H18F2N2O/c20-15-4-2-1-3-14(15)19(8-9-19)18(24)23-16-6-5-12-11-22-10-7-13(12)17(16)21/h1-6,22H,7-11H2,(H,23,24). The van der Waals surface area contributed by atoms with Crippen LogP contribution in [-0.2, 0) is 23.2 Å². The quantitative estimate of drug-likeness (QED) is 0.908. The van der Waals surface area contributed by atoms with Crippen LogP contribution in [0.2, 0.25) is 0 Å². The SMILES string of the molecule is O=C(Nc1ccc2c(c1F)CCNC2)C1(c2ccccc2F)CC1. The third-order valence-electron chi connectivity index (χ3n) is 5.03. The highest BCUT2D eigenvalue weighted by atomic mass is 19.1. The number of nitrogens with one attached hydrogen (secondary N) is 2. The summed E-state index contributed by atoms with van der Waals surface area (Å²) >= 11 is 0. The number of carbonyl (C=O) groups is 1. The van der Waals surface area contributed by atoms with E-state index in [1.165, 1.54) is 6.07 Å². The Hall–Kier alpha value is -2.27. The molecule has 1 amide bonds. The molecule has 1 aliphatic heterocycles. The Morgan fingerprint density at radius 2 is 1.92 bits per heavy atom. The average Bonchev–Trinajstić information content (AvgIpc) is 3.40. The summed E-state index contributed by atoms with van der Waals surface area (Å²) in [6.07, 6.45) is 1.76. The fourth-order valence-corrected chi connectivity index (χ4v) is 3.47. The lowest BCUT2D eigenvalue weighted by Crippen LogP contribution is -2.30. The van der Waals surface area contributed by atoms with Gasteiger partial charge < -0.3 is 10.6 Å². The van der Waals surface area contributed by atoms with Gasteiger partial charge in [-0.1, -0.05) is 24.3 Å². The fourth-order valence-electron chi connectivity index (χ4n) is 3.47. The van der Waals surface area contributed by atoms with Gasteiger partial charge in [0.15, 0.2) is 0 Å². The molecule has 2 N–H and O–H groups in total. The van der Waals surface area contributed by atoms with Gasteiger partial charge in [0.25, 0.3) is 0 Å². The molecule has 0 radical (unpaired) electrons. The number of fused-ring (bicyclic) bond motifs is 1. The maximum atomic E-state index is 14.7. The lowest BCUT2D eigenvalue weighted by Gasteiger charge is -2.21. The molecular formula is C19H18F2N2O. The van der Waals surface area contributed by atoms with Crippen LogP contribution >= 0.6 is 0 Å². The van der Waals surface area contributed by atoms with Gasteiger partial charge in [-0.15, -0.1) is 0 Å². The molecule has 5 heteroatoms. The van der Waals surface area contributed by atoms with E-state index in [1.54, 1.807) is 24.3 Å². The summed E-state index contributed by atoms with van der Waals surface area (Å²) in [6.45, 7) is 1.36. The van der Waals surface area contributed by atoms with E-state index in [2.05, 4.69) is 10.6 Å². The largest absolute Gasteiger partial charge is 0.323 e. The highest BCUT2D eigenvalue weighted by molar-refractivity contribution is 6.01. The molecule has 1 fully saturated rings. The first kappa shape index (κ1) is 15.3. The second-order valence-electron chi connectivity index (χ2n) is 6.51. The minimum absolute atomic E-state index is 0.184. The molecule has 0 aromatic heterocycles. The number of hydrogen-bond donors (Lipinski definition) is 2. The van der Waals surface area contributed by atoms with E-state index < -0.39 is 5.41 Å². The molecule has 0 bridgehead atoms. The Kier molecular flexibility index (Phi) is 3.61. The van der Waals surface area contributed by atoms with Crippen LogP contribution in [0.3, 0.4) is 0 Å². The van der Waals surface area contributed by atoms with E-state index in [0.717, 1.165) is 12.1 Å². The van der Waals surface area contributed by atoms with Crippen LogP contribution in [0.15, 0.2) is 36.4 Å². The molecule has 2 aromatic carbocycles. The summed E-state index contributed by atoms with van der Waals surface area (Å²) in [6, 6.07) is 9.74.